The molecule has 0 spiro atoms. The molecule has 1 aromatic carbocycles. The van der Waals surface area contributed by atoms with Crippen molar-refractivity contribution in [2.45, 2.75) is 56.3 Å². The molecule has 16 nitrogen and oxygen atoms in total. The molecule has 4 amide bonds. The zero-order chi connectivity index (χ0) is 29.5. The molecule has 0 aliphatic rings. The number of hydrogen-bond donors (Lipinski definition) is 10. The molecule has 4 unspecified atom stereocenters. The highest BCUT2D eigenvalue weighted by molar-refractivity contribution is 5.94. The lowest BCUT2D eigenvalue weighted by Crippen LogP contribution is -2.58. The van der Waals surface area contributed by atoms with Crippen LogP contribution in [0.15, 0.2) is 29.3 Å². The number of aliphatic carboxylic acids is 1. The highest BCUT2D eigenvalue weighted by Gasteiger charge is 2.30. The van der Waals surface area contributed by atoms with E-state index in [1.54, 1.807) is 0 Å². The Bertz CT molecular complexity index is 1030. The van der Waals surface area contributed by atoms with E-state index in [1.807, 2.05) is 0 Å². The van der Waals surface area contributed by atoms with E-state index in [9.17, 15) is 39.3 Å². The predicted octanol–water partition coefficient (Wildman–Crippen LogP) is -3.89. The number of carboxylic acids is 1. The molecule has 0 heterocycles. The number of nitrogens with two attached hydrogens (primary N) is 4. The number of guanidine groups is 1. The molecule has 0 aliphatic heterocycles. The summed E-state index contributed by atoms with van der Waals surface area (Å²) in [6, 6.07) is 0.312. The third-order valence-corrected chi connectivity index (χ3v) is 5.42. The maximum Gasteiger partial charge on any atom is 0.326 e. The van der Waals surface area contributed by atoms with Crippen LogP contribution in [0.1, 0.15) is 31.2 Å². The Hall–Kier alpha value is -4.44. The van der Waals surface area contributed by atoms with E-state index < -0.39 is 60.4 Å². The molecular weight excluding hydrogens is 516 g/mol. The Morgan fingerprint density at radius 2 is 1.41 bits per heavy atom. The average Bonchev–Trinajstić information content (AvgIpc) is 2.87. The molecule has 0 aliphatic carbocycles. The first-order valence-electron chi connectivity index (χ1n) is 12.0. The van der Waals surface area contributed by atoms with Crippen LogP contribution in [0.4, 0.5) is 0 Å². The number of aromatic hydroxyl groups is 1. The van der Waals surface area contributed by atoms with Gasteiger partial charge in [-0.1, -0.05) is 12.1 Å². The maximum absolute atomic E-state index is 13.0. The monoisotopic (exact) mass is 552 g/mol. The van der Waals surface area contributed by atoms with Crippen molar-refractivity contribution in [1.29, 1.82) is 0 Å². The number of aliphatic imine (C=N–C) groups is 1. The largest absolute Gasteiger partial charge is 0.508 e. The van der Waals surface area contributed by atoms with Gasteiger partial charge in [0.05, 0.1) is 12.6 Å². The summed E-state index contributed by atoms with van der Waals surface area (Å²) in [6.07, 6.45) is -0.119. The number of aliphatic hydroxyl groups is 1. The van der Waals surface area contributed by atoms with Crippen molar-refractivity contribution in [2.75, 3.05) is 13.2 Å². The fourth-order valence-corrected chi connectivity index (χ4v) is 3.29. The Labute approximate surface area is 224 Å². The van der Waals surface area contributed by atoms with Crippen LogP contribution in [0, 0.1) is 0 Å². The summed E-state index contributed by atoms with van der Waals surface area (Å²) < 4.78 is 0. The molecular formula is C23H36N8O8. The first-order chi connectivity index (χ1) is 18.3. The number of amides is 4. The lowest BCUT2D eigenvalue weighted by Gasteiger charge is -2.24. The second kappa shape index (κ2) is 16.4. The lowest BCUT2D eigenvalue weighted by molar-refractivity contribution is -0.142. The van der Waals surface area contributed by atoms with E-state index in [2.05, 4.69) is 20.9 Å². The molecule has 4 atom stereocenters. The van der Waals surface area contributed by atoms with Crippen molar-refractivity contribution in [3.63, 3.8) is 0 Å². The van der Waals surface area contributed by atoms with Crippen LogP contribution >= 0.6 is 0 Å². The number of benzene rings is 1. The van der Waals surface area contributed by atoms with Crippen molar-refractivity contribution in [3.05, 3.63) is 29.8 Å². The number of nitrogens with zero attached hydrogens (tertiary/aromatic N) is 1. The van der Waals surface area contributed by atoms with Gasteiger partial charge in [0.2, 0.25) is 23.6 Å². The zero-order valence-corrected chi connectivity index (χ0v) is 21.2. The van der Waals surface area contributed by atoms with Gasteiger partial charge in [0.1, 0.15) is 23.9 Å². The minimum absolute atomic E-state index is 0.00919. The van der Waals surface area contributed by atoms with E-state index in [0.717, 1.165) is 0 Å². The SMILES string of the molecule is NC(=O)CCC(N)C(=O)NC(CCCN=C(N)N)C(=O)NC(CO)C(=O)NC(Cc1ccc(O)cc1)C(=O)O. The van der Waals surface area contributed by atoms with Crippen LogP contribution in [0.3, 0.4) is 0 Å². The lowest BCUT2D eigenvalue weighted by atomic mass is 10.0. The molecule has 1 aromatic rings. The molecule has 0 aromatic heterocycles. The Kier molecular flexibility index (Phi) is 13.7. The average molecular weight is 553 g/mol. The van der Waals surface area contributed by atoms with Crippen molar-refractivity contribution >= 4 is 35.6 Å². The van der Waals surface area contributed by atoms with Crippen LogP contribution in [-0.4, -0.2) is 88.2 Å². The highest BCUT2D eigenvalue weighted by atomic mass is 16.4. The number of hydrogen-bond acceptors (Lipinski definition) is 9. The Morgan fingerprint density at radius 3 is 1.95 bits per heavy atom. The number of aliphatic hydroxyl groups excluding tert-OH is 1. The van der Waals surface area contributed by atoms with Gasteiger partial charge < -0.3 is 54.2 Å². The molecule has 0 saturated carbocycles. The van der Waals surface area contributed by atoms with Crippen molar-refractivity contribution in [3.8, 4) is 5.75 Å². The normalized spacial score (nSPS) is 13.7. The van der Waals surface area contributed by atoms with Gasteiger partial charge in [-0.25, -0.2) is 4.79 Å². The second-order valence-electron chi connectivity index (χ2n) is 8.64. The van der Waals surface area contributed by atoms with Crippen LogP contribution in [-0.2, 0) is 30.4 Å². The van der Waals surface area contributed by atoms with Crippen molar-refractivity contribution in [1.82, 2.24) is 16.0 Å². The fourth-order valence-electron chi connectivity index (χ4n) is 3.29. The standard InChI is InChI=1S/C23H36N8O8/c24-14(7-8-18(25)34)19(35)29-15(2-1-9-28-23(26)27)20(36)31-17(11-32)21(37)30-16(22(38)39)10-12-3-5-13(33)6-4-12/h3-6,14-17,32-33H,1-2,7-11,24H2,(H2,25,34)(H,29,35)(H,30,37)(H,31,36)(H,38,39)(H4,26,27,28). The Morgan fingerprint density at radius 1 is 0.846 bits per heavy atom. The summed E-state index contributed by atoms with van der Waals surface area (Å²) in [6.45, 7) is -0.757. The minimum Gasteiger partial charge on any atom is -0.508 e. The molecule has 0 saturated heterocycles. The predicted molar refractivity (Wildman–Crippen MR) is 139 cm³/mol. The molecule has 1 rings (SSSR count). The fraction of sp³-hybridized carbons (Fsp3) is 0.478. The first kappa shape index (κ1) is 32.6. The third-order valence-electron chi connectivity index (χ3n) is 5.42. The number of carboxylic acid groups (broad SMARTS) is 1. The highest BCUT2D eigenvalue weighted by Crippen LogP contribution is 2.11. The summed E-state index contributed by atoms with van der Waals surface area (Å²) >= 11 is 0. The number of carbonyl (C=O) groups is 5. The first-order valence-corrected chi connectivity index (χ1v) is 12.0. The molecule has 0 bridgehead atoms. The molecule has 0 radical (unpaired) electrons. The van der Waals surface area contributed by atoms with Gasteiger partial charge in [-0.2, -0.15) is 0 Å². The number of phenolic OH excluding ortho intramolecular Hbond substituents is 1. The number of rotatable bonds is 17. The van der Waals surface area contributed by atoms with Crippen LogP contribution in [0.5, 0.6) is 5.75 Å². The summed E-state index contributed by atoms with van der Waals surface area (Å²) in [5, 5.41) is 35.6. The van der Waals surface area contributed by atoms with Gasteiger partial charge in [-0.3, -0.25) is 24.2 Å². The van der Waals surface area contributed by atoms with Gasteiger partial charge >= 0.3 is 5.97 Å². The quantitative estimate of drug-likeness (QED) is 0.0506. The van der Waals surface area contributed by atoms with Crippen molar-refractivity contribution in [2.24, 2.45) is 27.9 Å². The third kappa shape index (κ3) is 12.6. The van der Waals surface area contributed by atoms with Crippen LogP contribution in [0.2, 0.25) is 0 Å². The Balaban J connectivity index is 2.92. The molecule has 39 heavy (non-hydrogen) atoms. The van der Waals surface area contributed by atoms with E-state index in [1.165, 1.54) is 24.3 Å². The van der Waals surface area contributed by atoms with E-state index in [-0.39, 0.29) is 50.4 Å². The van der Waals surface area contributed by atoms with Gasteiger partial charge in [0.15, 0.2) is 5.96 Å². The number of carbonyl (C=O) groups excluding carboxylic acids is 4. The van der Waals surface area contributed by atoms with Gasteiger partial charge in [-0.15, -0.1) is 0 Å². The number of primary amides is 1. The smallest absolute Gasteiger partial charge is 0.326 e. The molecule has 216 valence electrons. The van der Waals surface area contributed by atoms with E-state index in [4.69, 9.17) is 22.9 Å². The maximum atomic E-state index is 13.0. The summed E-state index contributed by atoms with van der Waals surface area (Å²) in [5.74, 6) is -4.84. The summed E-state index contributed by atoms with van der Waals surface area (Å²) in [4.78, 5) is 64.6. The van der Waals surface area contributed by atoms with E-state index >= 15 is 0 Å². The van der Waals surface area contributed by atoms with Gasteiger partial charge in [0, 0.05) is 19.4 Å². The zero-order valence-electron chi connectivity index (χ0n) is 21.2. The van der Waals surface area contributed by atoms with Crippen molar-refractivity contribution < 1.29 is 39.3 Å². The molecule has 0 fully saturated rings. The van der Waals surface area contributed by atoms with Gasteiger partial charge in [-0.05, 0) is 37.0 Å². The second-order valence-corrected chi connectivity index (χ2v) is 8.64. The van der Waals surface area contributed by atoms with Gasteiger partial charge in [0.25, 0.3) is 0 Å². The topological polar surface area (TPSA) is 299 Å². The summed E-state index contributed by atoms with van der Waals surface area (Å²) in [7, 11) is 0. The number of nitrogens with one attached hydrogen (secondary N) is 3. The van der Waals surface area contributed by atoms with Crippen LogP contribution in [0.25, 0.3) is 0 Å². The minimum atomic E-state index is -1.56. The van der Waals surface area contributed by atoms with Crippen LogP contribution < -0.4 is 38.9 Å². The molecule has 16 heteroatoms. The van der Waals surface area contributed by atoms with E-state index in [0.29, 0.717) is 5.56 Å². The molecule has 14 N–H and O–H groups in total. The summed E-state index contributed by atoms with van der Waals surface area (Å²) in [5.41, 5.74) is 21.9. The number of phenols is 1.